The number of ether oxygens (including phenoxy) is 1. The van der Waals surface area contributed by atoms with Gasteiger partial charge in [0.15, 0.2) is 0 Å². The second-order valence-corrected chi connectivity index (χ2v) is 3.48. The summed E-state index contributed by atoms with van der Waals surface area (Å²) in [6.45, 7) is 1.81. The summed E-state index contributed by atoms with van der Waals surface area (Å²) in [5, 5.41) is 12.8. The standard InChI is InChI=1S/C10H13FN2O2/c11-7-2-1-6(10(14)9(7)12)8-5-15-4-3-13-8/h1-2,8,13-14H,3-5,12H2/t8-/m1/s1. The number of hydrogen-bond donors (Lipinski definition) is 3. The number of nitrogen functional groups attached to an aromatic ring is 1. The molecule has 0 spiro atoms. The highest BCUT2D eigenvalue weighted by molar-refractivity contribution is 5.57. The lowest BCUT2D eigenvalue weighted by Gasteiger charge is -2.25. The Hall–Kier alpha value is -1.33. The average molecular weight is 212 g/mol. The molecule has 1 heterocycles. The molecule has 15 heavy (non-hydrogen) atoms. The molecular formula is C10H13FN2O2. The first-order chi connectivity index (χ1) is 7.20. The van der Waals surface area contributed by atoms with Gasteiger partial charge in [0.1, 0.15) is 17.3 Å². The van der Waals surface area contributed by atoms with Crippen molar-refractivity contribution in [2.75, 3.05) is 25.5 Å². The molecule has 82 valence electrons. The van der Waals surface area contributed by atoms with Gasteiger partial charge in [0.05, 0.1) is 19.3 Å². The molecule has 1 aromatic carbocycles. The van der Waals surface area contributed by atoms with Gasteiger partial charge in [-0.15, -0.1) is 0 Å². The summed E-state index contributed by atoms with van der Waals surface area (Å²) in [7, 11) is 0. The summed E-state index contributed by atoms with van der Waals surface area (Å²) in [6, 6.07) is 2.65. The number of benzene rings is 1. The van der Waals surface area contributed by atoms with Crippen molar-refractivity contribution in [3.05, 3.63) is 23.5 Å². The maximum absolute atomic E-state index is 13.0. The number of morpholine rings is 1. The second kappa shape index (κ2) is 4.04. The lowest BCUT2D eigenvalue weighted by Crippen LogP contribution is -2.34. The van der Waals surface area contributed by atoms with Gasteiger partial charge in [0.25, 0.3) is 0 Å². The van der Waals surface area contributed by atoms with E-state index in [0.717, 1.165) is 0 Å². The van der Waals surface area contributed by atoms with Gasteiger partial charge in [-0.05, 0) is 6.07 Å². The van der Waals surface area contributed by atoms with Crippen molar-refractivity contribution in [3.63, 3.8) is 0 Å². The zero-order chi connectivity index (χ0) is 10.8. The Balaban J connectivity index is 2.31. The maximum atomic E-state index is 13.0. The molecule has 4 N–H and O–H groups in total. The highest BCUT2D eigenvalue weighted by Crippen LogP contribution is 2.32. The van der Waals surface area contributed by atoms with E-state index in [1.54, 1.807) is 0 Å². The Kier molecular flexibility index (Phi) is 2.75. The number of halogens is 1. The Bertz CT molecular complexity index is 365. The van der Waals surface area contributed by atoms with E-state index in [1.807, 2.05) is 0 Å². The van der Waals surface area contributed by atoms with E-state index in [9.17, 15) is 9.50 Å². The third kappa shape index (κ3) is 1.88. The van der Waals surface area contributed by atoms with E-state index >= 15 is 0 Å². The van der Waals surface area contributed by atoms with E-state index in [1.165, 1.54) is 12.1 Å². The molecule has 0 unspecified atom stereocenters. The summed E-state index contributed by atoms with van der Waals surface area (Å²) in [4.78, 5) is 0. The molecule has 1 saturated heterocycles. The lowest BCUT2D eigenvalue weighted by molar-refractivity contribution is 0.0761. The van der Waals surface area contributed by atoms with E-state index in [0.29, 0.717) is 25.3 Å². The molecule has 0 saturated carbocycles. The Labute approximate surface area is 86.8 Å². The maximum Gasteiger partial charge on any atom is 0.149 e. The third-order valence-corrected chi connectivity index (χ3v) is 2.49. The van der Waals surface area contributed by atoms with Gasteiger partial charge in [0.2, 0.25) is 0 Å². The third-order valence-electron chi connectivity index (χ3n) is 2.49. The zero-order valence-electron chi connectivity index (χ0n) is 8.16. The molecule has 1 aliphatic rings. The molecule has 1 atom stereocenters. The van der Waals surface area contributed by atoms with Crippen LogP contribution >= 0.6 is 0 Å². The zero-order valence-corrected chi connectivity index (χ0v) is 8.16. The Morgan fingerprint density at radius 2 is 2.33 bits per heavy atom. The minimum Gasteiger partial charge on any atom is -0.505 e. The van der Waals surface area contributed by atoms with Gasteiger partial charge < -0.3 is 20.9 Å². The number of rotatable bonds is 1. The molecular weight excluding hydrogens is 199 g/mol. The molecule has 4 nitrogen and oxygen atoms in total. The van der Waals surface area contributed by atoms with Crippen molar-refractivity contribution in [3.8, 4) is 5.75 Å². The van der Waals surface area contributed by atoms with Crippen LogP contribution in [-0.4, -0.2) is 24.9 Å². The number of phenols is 1. The normalized spacial score (nSPS) is 21.5. The SMILES string of the molecule is Nc1c(F)ccc([C@H]2COCCN2)c1O. The van der Waals surface area contributed by atoms with Gasteiger partial charge in [-0.2, -0.15) is 0 Å². The van der Waals surface area contributed by atoms with E-state index < -0.39 is 5.82 Å². The molecule has 1 aromatic rings. The number of nitrogens with two attached hydrogens (primary N) is 1. The molecule has 0 amide bonds. The first-order valence-corrected chi connectivity index (χ1v) is 4.78. The monoisotopic (exact) mass is 212 g/mol. The van der Waals surface area contributed by atoms with Crippen molar-refractivity contribution in [2.45, 2.75) is 6.04 Å². The smallest absolute Gasteiger partial charge is 0.149 e. The van der Waals surface area contributed by atoms with Gasteiger partial charge >= 0.3 is 0 Å². The van der Waals surface area contributed by atoms with Crippen LogP contribution in [0.4, 0.5) is 10.1 Å². The highest BCUT2D eigenvalue weighted by Gasteiger charge is 2.20. The molecule has 0 radical (unpaired) electrons. The van der Waals surface area contributed by atoms with Gasteiger partial charge in [0, 0.05) is 12.1 Å². The predicted octanol–water partition coefficient (Wildman–Crippen LogP) is 0.774. The van der Waals surface area contributed by atoms with Crippen molar-refractivity contribution >= 4 is 5.69 Å². The van der Waals surface area contributed by atoms with Crippen LogP contribution < -0.4 is 11.1 Å². The molecule has 5 heteroatoms. The number of phenolic OH excluding ortho intramolecular Hbond substituents is 1. The van der Waals surface area contributed by atoms with Crippen LogP contribution in [-0.2, 0) is 4.74 Å². The van der Waals surface area contributed by atoms with Crippen molar-refractivity contribution in [2.24, 2.45) is 0 Å². The number of anilines is 1. The fourth-order valence-electron chi connectivity index (χ4n) is 1.65. The molecule has 2 rings (SSSR count). The minimum absolute atomic E-state index is 0.123. The fourth-order valence-corrected chi connectivity index (χ4v) is 1.65. The summed E-state index contributed by atoms with van der Waals surface area (Å²) < 4.78 is 18.2. The van der Waals surface area contributed by atoms with E-state index in [2.05, 4.69) is 5.32 Å². The molecule has 1 fully saturated rings. The quantitative estimate of drug-likeness (QED) is 0.475. The largest absolute Gasteiger partial charge is 0.505 e. The Morgan fingerprint density at radius 3 is 3.00 bits per heavy atom. The summed E-state index contributed by atoms with van der Waals surface area (Å²) in [6.07, 6.45) is 0. The summed E-state index contributed by atoms with van der Waals surface area (Å²) >= 11 is 0. The van der Waals surface area contributed by atoms with Gasteiger partial charge in [-0.3, -0.25) is 0 Å². The predicted molar refractivity (Wildman–Crippen MR) is 54.0 cm³/mol. The summed E-state index contributed by atoms with van der Waals surface area (Å²) in [5.41, 5.74) is 5.76. The molecule has 0 aliphatic carbocycles. The van der Waals surface area contributed by atoms with Crippen LogP contribution in [0.3, 0.4) is 0 Å². The average Bonchev–Trinajstić information content (AvgIpc) is 2.27. The van der Waals surface area contributed by atoms with Crippen LogP contribution in [0.15, 0.2) is 12.1 Å². The molecule has 1 aliphatic heterocycles. The number of hydrogen-bond acceptors (Lipinski definition) is 4. The van der Waals surface area contributed by atoms with Crippen molar-refractivity contribution in [1.82, 2.24) is 5.32 Å². The number of nitrogens with one attached hydrogen (secondary N) is 1. The first-order valence-electron chi connectivity index (χ1n) is 4.78. The first kappa shape index (κ1) is 10.2. The highest BCUT2D eigenvalue weighted by atomic mass is 19.1. The van der Waals surface area contributed by atoms with Crippen LogP contribution in [0.2, 0.25) is 0 Å². The molecule has 0 bridgehead atoms. The van der Waals surface area contributed by atoms with Crippen LogP contribution in [0.1, 0.15) is 11.6 Å². The van der Waals surface area contributed by atoms with Gasteiger partial charge in [-0.25, -0.2) is 4.39 Å². The van der Waals surface area contributed by atoms with Crippen LogP contribution in [0, 0.1) is 5.82 Å². The van der Waals surface area contributed by atoms with E-state index in [-0.39, 0.29) is 17.5 Å². The van der Waals surface area contributed by atoms with Crippen molar-refractivity contribution in [1.29, 1.82) is 0 Å². The van der Waals surface area contributed by atoms with E-state index in [4.69, 9.17) is 10.5 Å². The van der Waals surface area contributed by atoms with Crippen molar-refractivity contribution < 1.29 is 14.2 Å². The number of aromatic hydroxyl groups is 1. The van der Waals surface area contributed by atoms with Crippen LogP contribution in [0.25, 0.3) is 0 Å². The second-order valence-electron chi connectivity index (χ2n) is 3.48. The Morgan fingerprint density at radius 1 is 1.53 bits per heavy atom. The van der Waals surface area contributed by atoms with Crippen LogP contribution in [0.5, 0.6) is 5.75 Å². The lowest BCUT2D eigenvalue weighted by atomic mass is 10.0. The topological polar surface area (TPSA) is 67.5 Å². The molecule has 0 aromatic heterocycles. The summed E-state index contributed by atoms with van der Waals surface area (Å²) in [5.74, 6) is -0.800. The van der Waals surface area contributed by atoms with Gasteiger partial charge in [-0.1, -0.05) is 6.07 Å². The minimum atomic E-state index is -0.604. The fraction of sp³-hybridized carbons (Fsp3) is 0.400.